The highest BCUT2D eigenvalue weighted by molar-refractivity contribution is 5.83. The summed E-state index contributed by atoms with van der Waals surface area (Å²) in [6.07, 6.45) is 2.23. The van der Waals surface area contributed by atoms with Gasteiger partial charge in [0, 0.05) is 30.8 Å². The summed E-state index contributed by atoms with van der Waals surface area (Å²) in [7, 11) is 0. The maximum Gasteiger partial charge on any atom is 0.326 e. The number of rotatable bonds is 9. The molecule has 0 spiro atoms. The number of carboxylic acid groups (broad SMARTS) is 1. The van der Waals surface area contributed by atoms with Gasteiger partial charge in [-0.05, 0) is 19.8 Å². The molecule has 150 valence electrons. The largest absolute Gasteiger partial charge is 0.480 e. The number of hydrogen-bond donors (Lipinski definition) is 3. The minimum Gasteiger partial charge on any atom is -0.480 e. The Morgan fingerprint density at radius 1 is 1.37 bits per heavy atom. The fourth-order valence-corrected chi connectivity index (χ4v) is 2.99. The van der Waals surface area contributed by atoms with Crippen LogP contribution in [0.15, 0.2) is 4.79 Å². The number of ether oxygens (including phenoxy) is 1. The van der Waals surface area contributed by atoms with Gasteiger partial charge in [-0.3, -0.25) is 14.6 Å². The summed E-state index contributed by atoms with van der Waals surface area (Å²) in [6.45, 7) is 6.22. The van der Waals surface area contributed by atoms with Crippen molar-refractivity contribution in [2.75, 3.05) is 31.2 Å². The first-order valence-corrected chi connectivity index (χ1v) is 9.37. The molecule has 1 aliphatic rings. The maximum absolute atomic E-state index is 12.4. The molecular formula is C18H28N4O5. The summed E-state index contributed by atoms with van der Waals surface area (Å²) < 4.78 is 5.30. The molecule has 1 atom stereocenters. The molecule has 9 nitrogen and oxygen atoms in total. The second-order valence-corrected chi connectivity index (χ2v) is 6.65. The number of nitrogens with one attached hydrogen (secondary N) is 2. The van der Waals surface area contributed by atoms with Gasteiger partial charge < -0.3 is 20.1 Å². The van der Waals surface area contributed by atoms with Crippen LogP contribution in [0.5, 0.6) is 0 Å². The SMILES string of the molecule is CCCC[C@H](NC(=O)CCc1c(C)nc(N2CCOCC2)[nH]c1=O)C(=O)O. The van der Waals surface area contributed by atoms with E-state index in [2.05, 4.69) is 15.3 Å². The number of carboxylic acids is 1. The van der Waals surface area contributed by atoms with E-state index in [4.69, 9.17) is 4.74 Å². The standard InChI is InChI=1S/C18H28N4O5/c1-3-4-5-14(17(25)26)20-15(23)7-6-13-12(2)19-18(21-16(13)24)22-8-10-27-11-9-22/h14H,3-11H2,1-2H3,(H,20,23)(H,25,26)(H,19,21,24)/t14-/m0/s1. The lowest BCUT2D eigenvalue weighted by Crippen LogP contribution is -2.41. The zero-order valence-corrected chi connectivity index (χ0v) is 15.9. The molecule has 1 aromatic heterocycles. The Morgan fingerprint density at radius 3 is 2.67 bits per heavy atom. The first kappa shape index (κ1) is 20.9. The molecule has 0 unspecified atom stereocenters. The lowest BCUT2D eigenvalue weighted by atomic mass is 10.1. The lowest BCUT2D eigenvalue weighted by Gasteiger charge is -2.27. The molecular weight excluding hydrogens is 352 g/mol. The first-order chi connectivity index (χ1) is 12.9. The smallest absolute Gasteiger partial charge is 0.326 e. The van der Waals surface area contributed by atoms with Gasteiger partial charge in [-0.25, -0.2) is 9.78 Å². The Hall–Kier alpha value is -2.42. The summed E-state index contributed by atoms with van der Waals surface area (Å²) >= 11 is 0. The molecule has 2 rings (SSSR count). The molecule has 0 aromatic carbocycles. The number of morpholine rings is 1. The van der Waals surface area contributed by atoms with Crippen LogP contribution in [0.1, 0.15) is 43.9 Å². The van der Waals surface area contributed by atoms with Crippen LogP contribution in [0.3, 0.4) is 0 Å². The van der Waals surface area contributed by atoms with Gasteiger partial charge in [-0.15, -0.1) is 0 Å². The van der Waals surface area contributed by atoms with Gasteiger partial charge in [0.1, 0.15) is 6.04 Å². The molecule has 9 heteroatoms. The summed E-state index contributed by atoms with van der Waals surface area (Å²) in [6, 6.07) is -0.890. The summed E-state index contributed by atoms with van der Waals surface area (Å²) in [4.78, 5) is 44.9. The normalized spacial score (nSPS) is 15.4. The number of hydrogen-bond acceptors (Lipinski definition) is 6. The molecule has 0 bridgehead atoms. The number of aromatic nitrogens is 2. The van der Waals surface area contributed by atoms with E-state index < -0.39 is 12.0 Å². The van der Waals surface area contributed by atoms with Crippen molar-refractivity contribution in [3.8, 4) is 0 Å². The molecule has 0 aliphatic carbocycles. The van der Waals surface area contributed by atoms with Crippen LogP contribution in [-0.4, -0.2) is 59.3 Å². The van der Waals surface area contributed by atoms with Gasteiger partial charge in [0.05, 0.1) is 13.2 Å². The van der Waals surface area contributed by atoms with Crippen molar-refractivity contribution in [2.45, 2.75) is 52.0 Å². The predicted molar refractivity (Wildman–Crippen MR) is 100 cm³/mol. The van der Waals surface area contributed by atoms with Crippen molar-refractivity contribution in [1.29, 1.82) is 0 Å². The van der Waals surface area contributed by atoms with Crippen molar-refractivity contribution >= 4 is 17.8 Å². The van der Waals surface area contributed by atoms with Gasteiger partial charge >= 0.3 is 5.97 Å². The molecule has 3 N–H and O–H groups in total. The van der Waals surface area contributed by atoms with E-state index in [1.807, 2.05) is 11.8 Å². The summed E-state index contributed by atoms with van der Waals surface area (Å²) in [5.74, 6) is -0.906. The van der Waals surface area contributed by atoms with Crippen molar-refractivity contribution in [3.05, 3.63) is 21.6 Å². The third-order valence-electron chi connectivity index (χ3n) is 4.60. The third kappa shape index (κ3) is 6.06. The predicted octanol–water partition coefficient (Wildman–Crippen LogP) is 0.607. The van der Waals surface area contributed by atoms with E-state index in [1.54, 1.807) is 6.92 Å². The zero-order valence-electron chi connectivity index (χ0n) is 15.9. The van der Waals surface area contributed by atoms with Gasteiger partial charge in [-0.2, -0.15) is 0 Å². The molecule has 27 heavy (non-hydrogen) atoms. The number of aliphatic carboxylic acids is 1. The highest BCUT2D eigenvalue weighted by Gasteiger charge is 2.20. The molecule has 1 fully saturated rings. The average Bonchev–Trinajstić information content (AvgIpc) is 2.64. The van der Waals surface area contributed by atoms with Crippen molar-refractivity contribution in [2.24, 2.45) is 0 Å². The number of carbonyl (C=O) groups is 2. The van der Waals surface area contributed by atoms with E-state index >= 15 is 0 Å². The first-order valence-electron chi connectivity index (χ1n) is 9.37. The number of aryl methyl sites for hydroxylation is 1. The van der Waals surface area contributed by atoms with E-state index in [1.165, 1.54) is 0 Å². The van der Waals surface area contributed by atoms with Crippen molar-refractivity contribution < 1.29 is 19.4 Å². The quantitative estimate of drug-likeness (QED) is 0.573. The number of unbranched alkanes of at least 4 members (excludes halogenated alkanes) is 1. The monoisotopic (exact) mass is 380 g/mol. The Labute approximate surface area is 158 Å². The minimum atomic E-state index is -1.04. The Bertz CT molecular complexity index is 712. The number of amides is 1. The molecule has 2 heterocycles. The topological polar surface area (TPSA) is 125 Å². The molecule has 0 radical (unpaired) electrons. The van der Waals surface area contributed by atoms with Gasteiger partial charge in [0.15, 0.2) is 0 Å². The fraction of sp³-hybridized carbons (Fsp3) is 0.667. The van der Waals surface area contributed by atoms with E-state index in [-0.39, 0.29) is 24.3 Å². The zero-order chi connectivity index (χ0) is 19.8. The van der Waals surface area contributed by atoms with Gasteiger partial charge in [0.25, 0.3) is 5.56 Å². The van der Waals surface area contributed by atoms with E-state index in [0.717, 1.165) is 12.8 Å². The maximum atomic E-state index is 12.4. The minimum absolute atomic E-state index is 0.0401. The number of anilines is 1. The second kappa shape index (κ2) is 10.1. The molecule has 1 saturated heterocycles. The highest BCUT2D eigenvalue weighted by atomic mass is 16.5. The number of H-pyrrole nitrogens is 1. The van der Waals surface area contributed by atoms with Crippen LogP contribution < -0.4 is 15.8 Å². The van der Waals surface area contributed by atoms with Gasteiger partial charge in [-0.1, -0.05) is 19.8 Å². The average molecular weight is 380 g/mol. The number of aromatic amines is 1. The van der Waals surface area contributed by atoms with Crippen LogP contribution in [0.25, 0.3) is 0 Å². The van der Waals surface area contributed by atoms with Crippen LogP contribution in [0.4, 0.5) is 5.95 Å². The van der Waals surface area contributed by atoms with Crippen LogP contribution in [0.2, 0.25) is 0 Å². The molecule has 1 aliphatic heterocycles. The lowest BCUT2D eigenvalue weighted by molar-refractivity contribution is -0.142. The third-order valence-corrected chi connectivity index (χ3v) is 4.60. The molecule has 1 aromatic rings. The Balaban J connectivity index is 1.97. The van der Waals surface area contributed by atoms with Crippen molar-refractivity contribution in [3.63, 3.8) is 0 Å². The Kier molecular flexibility index (Phi) is 7.78. The van der Waals surface area contributed by atoms with E-state index in [9.17, 15) is 19.5 Å². The van der Waals surface area contributed by atoms with E-state index in [0.29, 0.717) is 49.9 Å². The van der Waals surface area contributed by atoms with Crippen molar-refractivity contribution in [1.82, 2.24) is 15.3 Å². The van der Waals surface area contributed by atoms with Crippen LogP contribution in [-0.2, 0) is 20.7 Å². The molecule has 1 amide bonds. The van der Waals surface area contributed by atoms with Gasteiger partial charge in [0.2, 0.25) is 11.9 Å². The second-order valence-electron chi connectivity index (χ2n) is 6.65. The number of nitrogens with zero attached hydrogens (tertiary/aromatic N) is 2. The summed E-state index contributed by atoms with van der Waals surface area (Å²) in [5.41, 5.74) is 0.758. The fourth-order valence-electron chi connectivity index (χ4n) is 2.99. The van der Waals surface area contributed by atoms with Crippen LogP contribution >= 0.6 is 0 Å². The molecule has 0 saturated carbocycles. The highest BCUT2D eigenvalue weighted by Crippen LogP contribution is 2.11. The number of carbonyl (C=O) groups excluding carboxylic acids is 1. The Morgan fingerprint density at radius 2 is 2.07 bits per heavy atom. The summed E-state index contributed by atoms with van der Waals surface area (Å²) in [5, 5.41) is 11.7. The van der Waals surface area contributed by atoms with Crippen LogP contribution in [0, 0.1) is 6.92 Å².